The quantitative estimate of drug-likeness (QED) is 0.891. The van der Waals surface area contributed by atoms with Crippen LogP contribution in [0.15, 0.2) is 18.2 Å². The van der Waals surface area contributed by atoms with Crippen molar-refractivity contribution < 1.29 is 9.90 Å². The summed E-state index contributed by atoms with van der Waals surface area (Å²) in [6.07, 6.45) is 6.55. The smallest absolute Gasteiger partial charge is 0.136 e. The Morgan fingerprint density at radius 3 is 2.90 bits per heavy atom. The lowest BCUT2D eigenvalue weighted by molar-refractivity contribution is -0.129. The number of aromatic hydroxyl groups is 1. The van der Waals surface area contributed by atoms with E-state index in [2.05, 4.69) is 19.9 Å². The largest absolute Gasteiger partial charge is 0.508 e. The van der Waals surface area contributed by atoms with E-state index in [0.717, 1.165) is 6.42 Å². The number of phenolic OH excluding ortho intramolecular Hbond substituents is 1. The molecular weight excluding hydrogens is 260 g/mol. The van der Waals surface area contributed by atoms with Crippen molar-refractivity contribution in [1.29, 1.82) is 0 Å². The molecule has 21 heavy (non-hydrogen) atoms. The highest BCUT2D eigenvalue weighted by molar-refractivity contribution is 5.83. The third kappa shape index (κ3) is 2.61. The number of carbonyl (C=O) groups excluding carboxylic acids is 1. The number of benzene rings is 1. The number of fused-ring (bicyclic) bond motifs is 3. The van der Waals surface area contributed by atoms with E-state index in [4.69, 9.17) is 0 Å². The van der Waals surface area contributed by atoms with Crippen LogP contribution in [0.2, 0.25) is 0 Å². The Bertz CT molecular complexity index is 534. The van der Waals surface area contributed by atoms with Crippen LogP contribution in [-0.4, -0.2) is 10.9 Å². The molecule has 2 aliphatic rings. The molecule has 1 aromatic carbocycles. The van der Waals surface area contributed by atoms with Crippen LogP contribution in [-0.2, 0) is 11.2 Å². The zero-order valence-electron chi connectivity index (χ0n) is 13.1. The molecule has 4 unspecified atom stereocenters. The molecule has 0 aromatic heterocycles. The average molecular weight is 286 g/mol. The molecule has 0 bridgehead atoms. The minimum Gasteiger partial charge on any atom is -0.508 e. The first-order valence-corrected chi connectivity index (χ1v) is 8.46. The predicted molar refractivity (Wildman–Crippen MR) is 84.5 cm³/mol. The van der Waals surface area contributed by atoms with Gasteiger partial charge in [-0.2, -0.15) is 0 Å². The molecular formula is C19H26O2. The van der Waals surface area contributed by atoms with Crippen molar-refractivity contribution in [3.05, 3.63) is 29.3 Å². The van der Waals surface area contributed by atoms with Crippen LogP contribution in [0.3, 0.4) is 0 Å². The van der Waals surface area contributed by atoms with Gasteiger partial charge in [0, 0.05) is 12.3 Å². The minimum atomic E-state index is 0.233. The van der Waals surface area contributed by atoms with Crippen molar-refractivity contribution in [3.63, 3.8) is 0 Å². The zero-order chi connectivity index (χ0) is 15.0. The Kier molecular flexibility index (Phi) is 4.05. The number of Topliss-reactive ketones (excluding diaryl/α,β-unsaturated/α-hetero) is 1. The second-order valence-corrected chi connectivity index (χ2v) is 6.96. The van der Waals surface area contributed by atoms with Crippen LogP contribution in [0.1, 0.15) is 63.0 Å². The highest BCUT2D eigenvalue weighted by Crippen LogP contribution is 2.50. The molecule has 1 saturated carbocycles. The van der Waals surface area contributed by atoms with Crippen molar-refractivity contribution in [2.75, 3.05) is 0 Å². The van der Waals surface area contributed by atoms with E-state index >= 15 is 0 Å². The van der Waals surface area contributed by atoms with Gasteiger partial charge < -0.3 is 5.11 Å². The Morgan fingerprint density at radius 2 is 2.14 bits per heavy atom. The molecule has 4 atom stereocenters. The van der Waals surface area contributed by atoms with Gasteiger partial charge in [0.15, 0.2) is 0 Å². The van der Waals surface area contributed by atoms with Gasteiger partial charge in [-0.05, 0) is 60.3 Å². The summed E-state index contributed by atoms with van der Waals surface area (Å²) in [5.74, 6) is 2.62. The Balaban J connectivity index is 1.92. The van der Waals surface area contributed by atoms with Crippen LogP contribution in [0, 0.1) is 17.8 Å². The highest BCUT2D eigenvalue weighted by atomic mass is 16.3. The second kappa shape index (κ2) is 5.82. The predicted octanol–water partition coefficient (Wildman–Crippen LogP) is 4.45. The number of rotatable bonds is 3. The molecule has 2 aliphatic carbocycles. The number of hydrogen-bond donors (Lipinski definition) is 1. The molecule has 2 nitrogen and oxygen atoms in total. The van der Waals surface area contributed by atoms with E-state index in [9.17, 15) is 9.90 Å². The van der Waals surface area contributed by atoms with Crippen LogP contribution in [0.25, 0.3) is 0 Å². The maximum absolute atomic E-state index is 12.4. The van der Waals surface area contributed by atoms with Gasteiger partial charge in [0.25, 0.3) is 0 Å². The normalized spacial score (nSPS) is 31.6. The maximum atomic E-state index is 12.4. The summed E-state index contributed by atoms with van der Waals surface area (Å²) in [4.78, 5) is 12.4. The first kappa shape index (κ1) is 14.6. The molecule has 1 fully saturated rings. The number of carbonyl (C=O) groups is 1. The fourth-order valence-electron chi connectivity index (χ4n) is 4.61. The van der Waals surface area contributed by atoms with Gasteiger partial charge >= 0.3 is 0 Å². The molecule has 1 N–H and O–H groups in total. The SMILES string of the molecule is CCCCC1C(C)C(=O)CC2c3ccc(O)cc3CCC21. The van der Waals surface area contributed by atoms with Crippen LogP contribution in [0.4, 0.5) is 0 Å². The lowest BCUT2D eigenvalue weighted by Crippen LogP contribution is -2.40. The van der Waals surface area contributed by atoms with Crippen molar-refractivity contribution in [3.8, 4) is 5.75 Å². The highest BCUT2D eigenvalue weighted by Gasteiger charge is 2.44. The number of phenols is 1. The zero-order valence-corrected chi connectivity index (χ0v) is 13.1. The Morgan fingerprint density at radius 1 is 1.33 bits per heavy atom. The van der Waals surface area contributed by atoms with Gasteiger partial charge in [-0.3, -0.25) is 4.79 Å². The van der Waals surface area contributed by atoms with Gasteiger partial charge in [0.1, 0.15) is 11.5 Å². The third-order valence-corrected chi connectivity index (χ3v) is 5.80. The summed E-state index contributed by atoms with van der Waals surface area (Å²) in [5, 5.41) is 9.68. The van der Waals surface area contributed by atoms with Crippen molar-refractivity contribution in [1.82, 2.24) is 0 Å². The molecule has 0 radical (unpaired) electrons. The van der Waals surface area contributed by atoms with Crippen LogP contribution < -0.4 is 0 Å². The van der Waals surface area contributed by atoms with Crippen molar-refractivity contribution in [2.24, 2.45) is 17.8 Å². The number of hydrogen-bond acceptors (Lipinski definition) is 2. The van der Waals surface area contributed by atoms with E-state index in [1.807, 2.05) is 6.07 Å². The molecule has 3 rings (SSSR count). The molecule has 0 amide bonds. The lowest BCUT2D eigenvalue weighted by atomic mass is 9.59. The van der Waals surface area contributed by atoms with E-state index in [-0.39, 0.29) is 5.92 Å². The average Bonchev–Trinajstić information content (AvgIpc) is 2.47. The fraction of sp³-hybridized carbons (Fsp3) is 0.632. The number of ketones is 1. The third-order valence-electron chi connectivity index (χ3n) is 5.80. The van der Waals surface area contributed by atoms with E-state index in [1.54, 1.807) is 6.07 Å². The van der Waals surface area contributed by atoms with Crippen LogP contribution >= 0.6 is 0 Å². The monoisotopic (exact) mass is 286 g/mol. The summed E-state index contributed by atoms with van der Waals surface area (Å²) in [7, 11) is 0. The molecule has 0 spiro atoms. The summed E-state index contributed by atoms with van der Waals surface area (Å²) in [5.41, 5.74) is 2.58. The van der Waals surface area contributed by atoms with Gasteiger partial charge in [-0.25, -0.2) is 0 Å². The van der Waals surface area contributed by atoms with Gasteiger partial charge in [0.05, 0.1) is 0 Å². The van der Waals surface area contributed by atoms with Gasteiger partial charge in [-0.15, -0.1) is 0 Å². The first-order chi connectivity index (χ1) is 10.1. The summed E-state index contributed by atoms with van der Waals surface area (Å²) >= 11 is 0. The van der Waals surface area contributed by atoms with E-state index in [1.165, 1.54) is 36.8 Å². The second-order valence-electron chi connectivity index (χ2n) is 6.96. The van der Waals surface area contributed by atoms with Gasteiger partial charge in [0.2, 0.25) is 0 Å². The summed E-state index contributed by atoms with van der Waals surface area (Å²) in [6, 6.07) is 5.74. The maximum Gasteiger partial charge on any atom is 0.136 e. The van der Waals surface area contributed by atoms with E-state index < -0.39 is 0 Å². The molecule has 114 valence electrons. The number of aryl methyl sites for hydroxylation is 1. The van der Waals surface area contributed by atoms with Crippen molar-refractivity contribution in [2.45, 2.75) is 58.3 Å². The topological polar surface area (TPSA) is 37.3 Å². The van der Waals surface area contributed by atoms with Gasteiger partial charge in [-0.1, -0.05) is 32.8 Å². The Hall–Kier alpha value is -1.31. The molecule has 0 saturated heterocycles. The fourth-order valence-corrected chi connectivity index (χ4v) is 4.61. The minimum absolute atomic E-state index is 0.233. The molecule has 2 heteroatoms. The number of unbranched alkanes of at least 4 members (excludes halogenated alkanes) is 1. The summed E-state index contributed by atoms with van der Waals surface area (Å²) < 4.78 is 0. The lowest BCUT2D eigenvalue weighted by Gasteiger charge is -2.45. The van der Waals surface area contributed by atoms with Crippen molar-refractivity contribution >= 4 is 5.78 Å². The van der Waals surface area contributed by atoms with E-state index in [0.29, 0.717) is 35.7 Å². The molecule has 1 aromatic rings. The Labute approximate surface area is 127 Å². The van der Waals surface area contributed by atoms with Crippen LogP contribution in [0.5, 0.6) is 5.75 Å². The molecule has 0 aliphatic heterocycles. The first-order valence-electron chi connectivity index (χ1n) is 8.46. The summed E-state index contributed by atoms with van der Waals surface area (Å²) in [6.45, 7) is 4.37. The molecule has 0 heterocycles. The standard InChI is InChI=1S/C19H26O2/c1-3-4-5-15-12(2)19(21)11-18-16-9-7-14(20)10-13(16)6-8-17(15)18/h7,9-10,12,15,17-18,20H,3-6,8,11H2,1-2H3.